The first kappa shape index (κ1) is 33.9. The molecule has 11 rings (SSSR count). The molecule has 4 heterocycles. The second kappa shape index (κ2) is 13.9. The minimum atomic E-state index is -0.558. The fourth-order valence-electron chi connectivity index (χ4n) is 8.76. The standard InChI is InChI=1S/C31H28O2P2.C18H13P/c1-31(2)32-25(19-34-27-15-7-3-11-21(27)22-12-4-8-16-28(22)34)26(33-31)20-35-29-17-9-5-13-23(29)24-14-6-10-18-30(24)35;1-2-8-14(9-3-1)19-17-12-6-4-10-15(17)16-11-5-7-13-18(16)19/h3-18,25-26H,19-20H2,1-2H3;1-13H. The van der Waals surface area contributed by atoms with Crippen molar-refractivity contribution in [3.8, 4) is 5.30 Å². The molecule has 0 N–H and O–H groups in total. The van der Waals surface area contributed by atoms with E-state index in [0.29, 0.717) is 0 Å². The first-order valence-corrected chi connectivity index (χ1v) is 23.2. The van der Waals surface area contributed by atoms with E-state index in [-0.39, 0.29) is 19.7 Å². The summed E-state index contributed by atoms with van der Waals surface area (Å²) in [7, 11) is -1.33. The average Bonchev–Trinajstić information content (AvgIpc) is 3.92. The van der Waals surface area contributed by atoms with E-state index in [9.17, 15) is 0 Å². The van der Waals surface area contributed by atoms with Gasteiger partial charge in [-0.2, -0.15) is 0 Å². The lowest BCUT2D eigenvalue weighted by Gasteiger charge is -2.18. The van der Waals surface area contributed by atoms with Gasteiger partial charge in [0, 0.05) is 43.0 Å². The number of hydrogen-bond donors (Lipinski definition) is 0. The first-order chi connectivity index (χ1) is 26.5. The van der Waals surface area contributed by atoms with E-state index in [4.69, 9.17) is 9.47 Å². The third-order valence-corrected chi connectivity index (χ3v) is 18.9. The maximum Gasteiger partial charge on any atom is 0.163 e. The summed E-state index contributed by atoms with van der Waals surface area (Å²) in [6.07, 6.45) is 2.17. The van der Waals surface area contributed by atoms with Gasteiger partial charge >= 0.3 is 0 Å². The van der Waals surface area contributed by atoms with Crippen molar-refractivity contribution in [2.75, 3.05) is 0 Å². The van der Waals surface area contributed by atoms with Crippen molar-refractivity contribution in [3.63, 3.8) is 0 Å². The number of hydrogen-bond acceptors (Lipinski definition) is 2. The maximum atomic E-state index is 6.64. The van der Waals surface area contributed by atoms with Gasteiger partial charge in [-0.25, -0.2) is 0 Å². The molecule has 2 unspecified atom stereocenters. The Morgan fingerprint density at radius 3 is 1.00 bits per heavy atom. The van der Waals surface area contributed by atoms with Crippen molar-refractivity contribution in [2.45, 2.75) is 44.2 Å². The van der Waals surface area contributed by atoms with Crippen LogP contribution in [0.2, 0.25) is 0 Å². The molecule has 3 aromatic heterocycles. The molecule has 1 aliphatic rings. The van der Waals surface area contributed by atoms with Crippen molar-refractivity contribution in [1.82, 2.24) is 0 Å². The highest BCUT2D eigenvalue weighted by Gasteiger charge is 2.42. The minimum Gasteiger partial charge on any atom is -0.344 e. The fraction of sp³-hybridized carbons (Fsp3) is 0.143. The van der Waals surface area contributed by atoms with Crippen molar-refractivity contribution < 1.29 is 9.47 Å². The van der Waals surface area contributed by atoms with Crippen molar-refractivity contribution in [2.24, 2.45) is 0 Å². The van der Waals surface area contributed by atoms with Gasteiger partial charge in [0.1, 0.15) is 0 Å². The summed E-state index contributed by atoms with van der Waals surface area (Å²) in [5, 5.41) is 18.8. The van der Waals surface area contributed by atoms with Gasteiger partial charge in [0.05, 0.1) is 12.2 Å². The molecular formula is C49H41O2P3. The lowest BCUT2D eigenvalue weighted by atomic mass is 10.2. The summed E-state index contributed by atoms with van der Waals surface area (Å²) in [5.74, 6) is -0.558. The van der Waals surface area contributed by atoms with Crippen LogP contribution >= 0.6 is 22.6 Å². The molecule has 10 aromatic rings. The molecule has 0 saturated carbocycles. The van der Waals surface area contributed by atoms with Crippen LogP contribution in [-0.2, 0) is 21.8 Å². The SMILES string of the molecule is CC1(C)OC(Cp2c3ccccc3c3ccccc32)C(Cp2c3ccccc3c3ccccc32)O1.c1ccc(-p2c3ccccc3c3ccccc32)cc1. The quantitative estimate of drug-likeness (QED) is 0.174. The van der Waals surface area contributed by atoms with Crippen LogP contribution in [0.4, 0.5) is 0 Å². The Hall–Kier alpha value is -4.64. The van der Waals surface area contributed by atoms with Gasteiger partial charge in [-0.15, -0.1) is 15.1 Å². The van der Waals surface area contributed by atoms with Gasteiger partial charge in [0.2, 0.25) is 0 Å². The molecule has 2 atom stereocenters. The Bertz CT molecular complexity index is 2660. The second-order valence-corrected chi connectivity index (χ2v) is 21.2. The molecule has 1 saturated heterocycles. The van der Waals surface area contributed by atoms with Gasteiger partial charge in [-0.1, -0.05) is 183 Å². The van der Waals surface area contributed by atoms with Crippen LogP contribution in [0.15, 0.2) is 176 Å². The van der Waals surface area contributed by atoms with Gasteiger partial charge in [-0.05, 0) is 51.5 Å². The number of rotatable bonds is 5. The zero-order valence-corrected chi connectivity index (χ0v) is 33.2. The van der Waals surface area contributed by atoms with Crippen molar-refractivity contribution in [3.05, 3.63) is 176 Å². The molecular weight excluding hydrogens is 713 g/mol. The number of ether oxygens (including phenoxy) is 2. The largest absolute Gasteiger partial charge is 0.344 e. The van der Waals surface area contributed by atoms with E-state index < -0.39 is 20.9 Å². The predicted octanol–water partition coefficient (Wildman–Crippen LogP) is 15.5. The molecule has 0 radical (unpaired) electrons. The van der Waals surface area contributed by atoms with Gasteiger partial charge in [0.15, 0.2) is 5.79 Å². The molecule has 0 spiro atoms. The van der Waals surface area contributed by atoms with Gasteiger partial charge < -0.3 is 9.47 Å². The molecule has 0 amide bonds. The zero-order valence-electron chi connectivity index (χ0n) is 30.5. The van der Waals surface area contributed by atoms with E-state index in [2.05, 4.69) is 190 Å². The van der Waals surface area contributed by atoms with Crippen LogP contribution < -0.4 is 0 Å². The molecule has 1 aliphatic heterocycles. The van der Waals surface area contributed by atoms with Crippen molar-refractivity contribution in [1.29, 1.82) is 0 Å². The smallest absolute Gasteiger partial charge is 0.163 e. The first-order valence-electron chi connectivity index (χ1n) is 18.9. The molecule has 54 heavy (non-hydrogen) atoms. The lowest BCUT2D eigenvalue weighted by Crippen LogP contribution is -2.23. The molecule has 1 fully saturated rings. The molecule has 0 aliphatic carbocycles. The summed E-state index contributed by atoms with van der Waals surface area (Å²) in [6.45, 7) is 4.15. The monoisotopic (exact) mass is 754 g/mol. The Balaban J connectivity index is 0.000000160. The highest BCUT2D eigenvalue weighted by Crippen LogP contribution is 2.56. The third-order valence-electron chi connectivity index (χ3n) is 11.0. The Morgan fingerprint density at radius 2 is 0.648 bits per heavy atom. The van der Waals surface area contributed by atoms with E-state index in [1.54, 1.807) is 0 Å². The lowest BCUT2D eigenvalue weighted by molar-refractivity contribution is -0.144. The third kappa shape index (κ3) is 5.90. The van der Waals surface area contributed by atoms with Crippen LogP contribution in [0.5, 0.6) is 0 Å². The predicted molar refractivity (Wildman–Crippen MR) is 238 cm³/mol. The van der Waals surface area contributed by atoms with E-state index in [0.717, 1.165) is 12.3 Å². The summed E-state index contributed by atoms with van der Waals surface area (Å²) in [5.41, 5.74) is 0. The van der Waals surface area contributed by atoms with Crippen LogP contribution in [0, 0.1) is 0 Å². The average molecular weight is 755 g/mol. The van der Waals surface area contributed by atoms with Crippen LogP contribution in [-0.4, -0.2) is 18.0 Å². The van der Waals surface area contributed by atoms with E-state index in [1.165, 1.54) is 68.3 Å². The van der Waals surface area contributed by atoms with Gasteiger partial charge in [0.25, 0.3) is 0 Å². The Labute approximate surface area is 319 Å². The molecule has 2 nitrogen and oxygen atoms in total. The summed E-state index contributed by atoms with van der Waals surface area (Å²) < 4.78 is 13.3. The normalized spacial score (nSPS) is 16.9. The molecule has 264 valence electrons. The van der Waals surface area contributed by atoms with Crippen LogP contribution in [0.25, 0.3) is 68.3 Å². The van der Waals surface area contributed by atoms with Gasteiger partial charge in [-0.3, -0.25) is 0 Å². The van der Waals surface area contributed by atoms with Crippen LogP contribution in [0.1, 0.15) is 13.8 Å². The molecule has 0 bridgehead atoms. The minimum absolute atomic E-state index is 0.0812. The van der Waals surface area contributed by atoms with E-state index in [1.807, 2.05) is 0 Å². The summed E-state index contributed by atoms with van der Waals surface area (Å²) in [4.78, 5) is 0. The number of benzene rings is 7. The Morgan fingerprint density at radius 1 is 0.370 bits per heavy atom. The van der Waals surface area contributed by atoms with E-state index >= 15 is 0 Å². The summed E-state index contributed by atoms with van der Waals surface area (Å²) in [6, 6.07) is 64.3. The van der Waals surface area contributed by atoms with Crippen molar-refractivity contribution >= 4 is 85.6 Å². The maximum absolute atomic E-state index is 6.64. The van der Waals surface area contributed by atoms with Crippen LogP contribution in [0.3, 0.4) is 0 Å². The highest BCUT2D eigenvalue weighted by atomic mass is 31.1. The second-order valence-electron chi connectivity index (χ2n) is 14.7. The highest BCUT2D eigenvalue weighted by molar-refractivity contribution is 7.68. The number of fused-ring (bicyclic) bond motifs is 9. The molecule has 7 aromatic carbocycles. The topological polar surface area (TPSA) is 18.5 Å². The molecule has 5 heteroatoms. The zero-order chi connectivity index (χ0) is 36.2. The summed E-state index contributed by atoms with van der Waals surface area (Å²) >= 11 is 0. The Kier molecular flexibility index (Phi) is 8.72. The fourth-order valence-corrected chi connectivity index (χ4v) is 17.0.